The number of hydrogen-bond donors (Lipinski definition) is 3. The number of nitrogens with one attached hydrogen (secondary N) is 2. The van der Waals surface area contributed by atoms with Crippen LogP contribution in [0.5, 0.6) is 0 Å². The second-order valence-electron chi connectivity index (χ2n) is 9.77. The lowest BCUT2D eigenvalue weighted by molar-refractivity contribution is 0.0695. The van der Waals surface area contributed by atoms with Gasteiger partial charge in [0.05, 0.1) is 5.56 Å². The molecule has 0 heterocycles. The van der Waals surface area contributed by atoms with Crippen molar-refractivity contribution in [1.29, 1.82) is 0 Å². The summed E-state index contributed by atoms with van der Waals surface area (Å²) >= 11 is 5.24. The fourth-order valence-electron chi connectivity index (χ4n) is 4.69. The van der Waals surface area contributed by atoms with E-state index >= 15 is 0 Å². The maximum Gasteiger partial charge on any atom is 0.335 e. The van der Waals surface area contributed by atoms with E-state index in [1.807, 2.05) is 25.1 Å². The van der Waals surface area contributed by atoms with E-state index in [-0.39, 0.29) is 10.8 Å². The molecule has 3 N–H and O–H groups in total. The molecule has 0 unspecified atom stereocenters. The number of carboxylic acids is 1. The van der Waals surface area contributed by atoms with Crippen molar-refractivity contribution in [1.82, 2.24) is 5.32 Å². The smallest absolute Gasteiger partial charge is 0.335 e. The van der Waals surface area contributed by atoms with E-state index in [0.29, 0.717) is 17.1 Å². The third-order valence-electron chi connectivity index (χ3n) is 6.54. The fourth-order valence-corrected chi connectivity index (χ4v) is 4.95. The van der Waals surface area contributed by atoms with Gasteiger partial charge >= 0.3 is 5.97 Å². The Hall–Kier alpha value is -2.40. The molecule has 0 saturated heterocycles. The molecule has 0 saturated carbocycles. The van der Waals surface area contributed by atoms with Gasteiger partial charge in [0.1, 0.15) is 0 Å². The summed E-state index contributed by atoms with van der Waals surface area (Å²) in [5, 5.41) is 16.8. The molecule has 1 aliphatic carbocycles. The highest BCUT2D eigenvalue weighted by Crippen LogP contribution is 2.48. The van der Waals surface area contributed by atoms with Crippen LogP contribution in [0.2, 0.25) is 0 Å². The van der Waals surface area contributed by atoms with Crippen LogP contribution in [0.15, 0.2) is 36.4 Å². The maximum atomic E-state index is 12.1. The Labute approximate surface area is 191 Å². The van der Waals surface area contributed by atoms with Gasteiger partial charge in [0.15, 0.2) is 5.11 Å². The summed E-state index contributed by atoms with van der Waals surface area (Å²) in [5.74, 6) is -0.839. The molecule has 5 heteroatoms. The molecule has 0 atom stereocenters. The first-order valence-corrected chi connectivity index (χ1v) is 11.5. The van der Waals surface area contributed by atoms with Gasteiger partial charge in [-0.3, -0.25) is 0 Å². The number of aromatic carboxylic acids is 1. The average Bonchev–Trinajstić information content (AvgIpc) is 2.70. The first-order valence-electron chi connectivity index (χ1n) is 11.1. The first-order chi connectivity index (χ1) is 14.5. The Bertz CT molecular complexity index is 978. The molecule has 0 fully saturated rings. The molecule has 2 aromatic rings. The maximum absolute atomic E-state index is 12.1. The number of hydrogen-bond acceptors (Lipinski definition) is 2. The van der Waals surface area contributed by atoms with Crippen molar-refractivity contribution < 1.29 is 9.90 Å². The lowest BCUT2D eigenvalue weighted by atomic mass is 9.61. The number of carbonyl (C=O) groups is 1. The number of thiocarbonyl (C=S) groups is 1. The van der Waals surface area contributed by atoms with Crippen LogP contribution in [0.25, 0.3) is 0 Å². The third kappa shape index (κ3) is 5.09. The molecule has 0 bridgehead atoms. The number of anilines is 1. The number of benzene rings is 2. The molecule has 4 nitrogen and oxygen atoms in total. The van der Waals surface area contributed by atoms with Crippen molar-refractivity contribution in [3.8, 4) is 0 Å². The van der Waals surface area contributed by atoms with Gasteiger partial charge in [0.25, 0.3) is 0 Å². The Morgan fingerprint density at radius 2 is 1.65 bits per heavy atom. The molecule has 31 heavy (non-hydrogen) atoms. The van der Waals surface area contributed by atoms with Crippen molar-refractivity contribution in [2.75, 3.05) is 11.9 Å². The third-order valence-corrected chi connectivity index (χ3v) is 6.78. The van der Waals surface area contributed by atoms with E-state index in [9.17, 15) is 9.90 Å². The predicted molar refractivity (Wildman–Crippen MR) is 132 cm³/mol. The first kappa shape index (κ1) is 23.3. The fraction of sp³-hybridized carbons (Fsp3) is 0.462. The summed E-state index contributed by atoms with van der Waals surface area (Å²) in [4.78, 5) is 12.1. The lowest BCUT2D eigenvalue weighted by Gasteiger charge is -2.43. The van der Waals surface area contributed by atoms with Crippen molar-refractivity contribution in [3.63, 3.8) is 0 Å². The minimum atomic E-state index is -0.839. The van der Waals surface area contributed by atoms with Crippen LogP contribution < -0.4 is 10.6 Å². The van der Waals surface area contributed by atoms with Gasteiger partial charge in [-0.2, -0.15) is 0 Å². The summed E-state index contributed by atoms with van der Waals surface area (Å²) in [5.41, 5.74) is 6.16. The highest BCUT2D eigenvalue weighted by molar-refractivity contribution is 7.80. The molecule has 3 rings (SSSR count). The van der Waals surface area contributed by atoms with Gasteiger partial charge in [-0.05, 0) is 96.1 Å². The zero-order valence-corrected chi connectivity index (χ0v) is 20.1. The molecular weight excluding hydrogens is 404 g/mol. The van der Waals surface area contributed by atoms with Gasteiger partial charge < -0.3 is 15.7 Å². The predicted octanol–water partition coefficient (Wildman–Crippen LogP) is 5.83. The lowest BCUT2D eigenvalue weighted by Crippen LogP contribution is -2.35. The Morgan fingerprint density at radius 3 is 2.26 bits per heavy atom. The van der Waals surface area contributed by atoms with E-state index in [4.69, 9.17) is 12.2 Å². The summed E-state index contributed by atoms with van der Waals surface area (Å²) in [6, 6.07) is 12.1. The topological polar surface area (TPSA) is 61.4 Å². The average molecular weight is 439 g/mol. The summed E-state index contributed by atoms with van der Waals surface area (Å²) in [7, 11) is 0. The van der Waals surface area contributed by atoms with Crippen LogP contribution >= 0.6 is 12.2 Å². The monoisotopic (exact) mass is 438 g/mol. The van der Waals surface area contributed by atoms with E-state index in [1.54, 1.807) is 0 Å². The second kappa shape index (κ2) is 8.99. The molecule has 1 aliphatic rings. The summed E-state index contributed by atoms with van der Waals surface area (Å²) in [6.07, 6.45) is 3.69. The molecule has 0 aromatic heterocycles. The minimum absolute atomic E-state index is 0.0264. The number of rotatable bonds is 6. The highest BCUT2D eigenvalue weighted by Gasteiger charge is 2.39. The molecule has 166 valence electrons. The van der Waals surface area contributed by atoms with Gasteiger partial charge in [-0.25, -0.2) is 4.79 Å². The van der Waals surface area contributed by atoms with Crippen LogP contribution in [0.1, 0.15) is 80.1 Å². The van der Waals surface area contributed by atoms with Crippen LogP contribution in [-0.2, 0) is 23.7 Å². The molecule has 0 spiro atoms. The Balaban J connectivity index is 1.89. The number of fused-ring (bicyclic) bond motifs is 1. The summed E-state index contributed by atoms with van der Waals surface area (Å²) in [6.45, 7) is 11.8. The standard InChI is InChI=1S/C26H34N2O2S/c1-6-27-24(31)28-18-10-7-17(8-11-18)9-12-19-20(23(29)30)13-14-21-22(19)26(4,5)16-15-25(21,2)3/h7-8,10-11,13-14H,6,9,12,15-16H2,1-5H3,(H,29,30)(H2,27,28,31). The molecule has 0 aliphatic heterocycles. The van der Waals surface area contributed by atoms with Gasteiger partial charge in [-0.15, -0.1) is 0 Å². The van der Waals surface area contributed by atoms with Crippen molar-refractivity contribution >= 4 is 29.0 Å². The second-order valence-corrected chi connectivity index (χ2v) is 10.2. The van der Waals surface area contributed by atoms with Crippen LogP contribution in [0, 0.1) is 0 Å². The van der Waals surface area contributed by atoms with Crippen LogP contribution in [0.4, 0.5) is 5.69 Å². The van der Waals surface area contributed by atoms with Crippen LogP contribution in [-0.4, -0.2) is 22.7 Å². The molecule has 0 radical (unpaired) electrons. The molecular formula is C26H34N2O2S. The molecule has 2 aromatic carbocycles. The van der Waals surface area contributed by atoms with Crippen molar-refractivity contribution in [3.05, 3.63) is 64.2 Å². The Morgan fingerprint density at radius 1 is 1.00 bits per heavy atom. The van der Waals surface area contributed by atoms with Gasteiger partial charge in [0.2, 0.25) is 0 Å². The van der Waals surface area contributed by atoms with Crippen molar-refractivity contribution in [2.45, 2.75) is 71.1 Å². The van der Waals surface area contributed by atoms with E-state index < -0.39 is 5.97 Å². The van der Waals surface area contributed by atoms with E-state index in [0.717, 1.165) is 37.1 Å². The van der Waals surface area contributed by atoms with E-state index in [2.05, 4.69) is 56.5 Å². The number of carboxylic acid groups (broad SMARTS) is 1. The van der Waals surface area contributed by atoms with Gasteiger partial charge in [-0.1, -0.05) is 45.9 Å². The normalized spacial score (nSPS) is 16.3. The van der Waals surface area contributed by atoms with Gasteiger partial charge in [0, 0.05) is 12.2 Å². The zero-order chi connectivity index (χ0) is 22.8. The molecule has 0 amide bonds. The summed E-state index contributed by atoms with van der Waals surface area (Å²) < 4.78 is 0. The highest BCUT2D eigenvalue weighted by atomic mass is 32.1. The van der Waals surface area contributed by atoms with Crippen LogP contribution in [0.3, 0.4) is 0 Å². The van der Waals surface area contributed by atoms with E-state index in [1.165, 1.54) is 16.7 Å². The number of aryl methyl sites for hydroxylation is 1. The SMILES string of the molecule is CCNC(=S)Nc1ccc(CCc2c(C(=O)O)ccc3c2C(C)(C)CCC3(C)C)cc1. The minimum Gasteiger partial charge on any atom is -0.478 e. The Kier molecular flexibility index (Phi) is 6.75. The largest absolute Gasteiger partial charge is 0.478 e. The van der Waals surface area contributed by atoms with Crippen molar-refractivity contribution in [2.24, 2.45) is 0 Å². The zero-order valence-electron chi connectivity index (χ0n) is 19.3. The quantitative estimate of drug-likeness (QED) is 0.496.